The number of hydrogen-bond donors (Lipinski definition) is 2. The fraction of sp³-hybridized carbons (Fsp3) is 0.778. The molecule has 26 heavy (non-hydrogen) atoms. The second-order valence-corrected chi connectivity index (χ2v) is 7.58. The minimum atomic E-state index is 0. The van der Waals surface area contributed by atoms with E-state index < -0.39 is 0 Å². The van der Waals surface area contributed by atoms with Crippen molar-refractivity contribution in [3.63, 3.8) is 0 Å². The molecule has 1 aliphatic rings. The smallest absolute Gasteiger partial charge is 0.190 e. The van der Waals surface area contributed by atoms with E-state index in [-0.39, 0.29) is 24.0 Å². The van der Waals surface area contributed by atoms with Crippen LogP contribution in [0.25, 0.3) is 0 Å². The first kappa shape index (κ1) is 23.6. The van der Waals surface area contributed by atoms with Gasteiger partial charge < -0.3 is 20.4 Å². The number of guanidine groups is 1. The minimum absolute atomic E-state index is 0. The summed E-state index contributed by atoms with van der Waals surface area (Å²) in [4.78, 5) is 13.9. The van der Waals surface area contributed by atoms with E-state index in [0.29, 0.717) is 0 Å². The maximum Gasteiger partial charge on any atom is 0.190 e. The number of hydrogen-bond acceptors (Lipinski definition) is 5. The molecule has 8 heteroatoms. The zero-order valence-electron chi connectivity index (χ0n) is 16.5. The van der Waals surface area contributed by atoms with Gasteiger partial charge in [0.25, 0.3) is 0 Å². The van der Waals surface area contributed by atoms with Crippen LogP contribution in [-0.4, -0.2) is 80.1 Å². The third-order valence-electron chi connectivity index (χ3n) is 4.67. The van der Waals surface area contributed by atoms with E-state index in [1.807, 2.05) is 14.0 Å². The lowest BCUT2D eigenvalue weighted by molar-refractivity contribution is 0.136. The highest BCUT2D eigenvalue weighted by Gasteiger charge is 2.14. The van der Waals surface area contributed by atoms with Crippen molar-refractivity contribution in [2.24, 2.45) is 4.99 Å². The summed E-state index contributed by atoms with van der Waals surface area (Å²) in [6.45, 7) is 13.4. The number of nitrogens with one attached hydrogen (secondary N) is 2. The Hall–Kier alpha value is -0.450. The lowest BCUT2D eigenvalue weighted by Gasteiger charge is -2.34. The van der Waals surface area contributed by atoms with E-state index >= 15 is 0 Å². The maximum atomic E-state index is 4.48. The van der Waals surface area contributed by atoms with Crippen LogP contribution in [-0.2, 0) is 6.42 Å². The van der Waals surface area contributed by atoms with Gasteiger partial charge in [0.1, 0.15) is 0 Å². The van der Waals surface area contributed by atoms with Gasteiger partial charge in [-0.1, -0.05) is 6.92 Å². The van der Waals surface area contributed by atoms with E-state index in [9.17, 15) is 0 Å². The van der Waals surface area contributed by atoms with E-state index in [0.717, 1.165) is 36.2 Å². The van der Waals surface area contributed by atoms with Gasteiger partial charge in [0.2, 0.25) is 0 Å². The largest absolute Gasteiger partial charge is 0.356 e. The quantitative estimate of drug-likeness (QED) is 0.239. The predicted octanol–water partition coefficient (Wildman–Crippen LogP) is 2.19. The molecule has 0 aromatic carbocycles. The van der Waals surface area contributed by atoms with Gasteiger partial charge in [-0.3, -0.25) is 4.99 Å². The average molecular weight is 494 g/mol. The van der Waals surface area contributed by atoms with Gasteiger partial charge in [-0.05, 0) is 32.9 Å². The lowest BCUT2D eigenvalue weighted by Crippen LogP contribution is -2.46. The van der Waals surface area contributed by atoms with E-state index in [2.05, 4.69) is 42.7 Å². The molecule has 0 amide bonds. The topological polar surface area (TPSA) is 55.8 Å². The van der Waals surface area contributed by atoms with Crippen molar-refractivity contribution >= 4 is 41.3 Å². The van der Waals surface area contributed by atoms with Crippen LogP contribution in [0.3, 0.4) is 0 Å². The number of halogens is 1. The fourth-order valence-corrected chi connectivity index (χ4v) is 3.70. The van der Waals surface area contributed by atoms with Crippen molar-refractivity contribution in [3.8, 4) is 0 Å². The number of rotatable bonds is 9. The third kappa shape index (κ3) is 8.96. The SMILES string of the molecule is CCN1CCN(CCCCNC(=NC)NCCc2csc(C)n2)CC1.I. The number of piperazine rings is 1. The molecule has 0 atom stereocenters. The Morgan fingerprint density at radius 1 is 1.15 bits per heavy atom. The normalized spacial score (nSPS) is 16.3. The van der Waals surface area contributed by atoms with Crippen LogP contribution in [0.4, 0.5) is 0 Å². The highest BCUT2D eigenvalue weighted by atomic mass is 127. The number of likely N-dealkylation sites (N-methyl/N-ethyl adjacent to an activating group) is 1. The predicted molar refractivity (Wildman–Crippen MR) is 123 cm³/mol. The molecule has 2 rings (SSSR count). The Morgan fingerprint density at radius 2 is 1.85 bits per heavy atom. The van der Waals surface area contributed by atoms with Crippen molar-refractivity contribution in [3.05, 3.63) is 16.1 Å². The molecule has 2 heterocycles. The van der Waals surface area contributed by atoms with Crippen LogP contribution < -0.4 is 10.6 Å². The molecule has 0 unspecified atom stereocenters. The minimum Gasteiger partial charge on any atom is -0.356 e. The zero-order valence-corrected chi connectivity index (χ0v) is 19.6. The molecule has 2 N–H and O–H groups in total. The van der Waals surface area contributed by atoms with E-state index in [1.54, 1.807) is 11.3 Å². The Balaban J connectivity index is 0.00000338. The molecular formula is C18H35IN6S. The summed E-state index contributed by atoms with van der Waals surface area (Å²) >= 11 is 1.71. The summed E-state index contributed by atoms with van der Waals surface area (Å²) < 4.78 is 0. The Morgan fingerprint density at radius 3 is 2.46 bits per heavy atom. The van der Waals surface area contributed by atoms with Crippen LogP contribution in [0.15, 0.2) is 10.4 Å². The van der Waals surface area contributed by atoms with Crippen molar-refractivity contribution in [2.45, 2.75) is 33.1 Å². The van der Waals surface area contributed by atoms with Gasteiger partial charge in [0, 0.05) is 58.1 Å². The second-order valence-electron chi connectivity index (χ2n) is 6.52. The number of thiazole rings is 1. The van der Waals surface area contributed by atoms with E-state index in [1.165, 1.54) is 52.1 Å². The van der Waals surface area contributed by atoms with Crippen LogP contribution in [0, 0.1) is 6.92 Å². The van der Waals surface area contributed by atoms with Crippen molar-refractivity contribution in [1.29, 1.82) is 0 Å². The van der Waals surface area contributed by atoms with Crippen LogP contribution in [0.2, 0.25) is 0 Å². The van der Waals surface area contributed by atoms with Crippen LogP contribution in [0.1, 0.15) is 30.5 Å². The molecule has 1 saturated heterocycles. The Kier molecular flexibility index (Phi) is 12.4. The monoisotopic (exact) mass is 494 g/mol. The molecule has 6 nitrogen and oxygen atoms in total. The first-order valence-corrected chi connectivity index (χ1v) is 10.4. The van der Waals surface area contributed by atoms with Gasteiger partial charge in [-0.15, -0.1) is 35.3 Å². The van der Waals surface area contributed by atoms with Crippen molar-refractivity contribution in [1.82, 2.24) is 25.4 Å². The van der Waals surface area contributed by atoms with Gasteiger partial charge in [0.05, 0.1) is 10.7 Å². The van der Waals surface area contributed by atoms with Crippen molar-refractivity contribution in [2.75, 3.05) is 59.4 Å². The van der Waals surface area contributed by atoms with Gasteiger partial charge in [-0.2, -0.15) is 0 Å². The Bertz CT molecular complexity index is 514. The standard InChI is InChI=1S/C18H34N6S.HI/c1-4-23-11-13-24(14-12-23)10-6-5-8-20-18(19-3)21-9-7-17-15-25-16(2)22-17;/h15H,4-14H2,1-3H3,(H2,19,20,21);1H. The first-order valence-electron chi connectivity index (χ1n) is 9.51. The molecule has 1 aromatic heterocycles. The third-order valence-corrected chi connectivity index (χ3v) is 5.49. The second kappa shape index (κ2) is 13.7. The van der Waals surface area contributed by atoms with Gasteiger partial charge >= 0.3 is 0 Å². The average Bonchev–Trinajstić information content (AvgIpc) is 3.05. The molecule has 150 valence electrons. The first-order chi connectivity index (χ1) is 12.2. The summed E-state index contributed by atoms with van der Waals surface area (Å²) in [5.41, 5.74) is 1.16. The number of aliphatic imine (C=N–C) groups is 1. The molecule has 0 aliphatic carbocycles. The summed E-state index contributed by atoms with van der Waals surface area (Å²) in [6, 6.07) is 0. The summed E-state index contributed by atoms with van der Waals surface area (Å²) in [5, 5.41) is 10.0. The number of aryl methyl sites for hydroxylation is 1. The fourth-order valence-electron chi connectivity index (χ4n) is 3.05. The van der Waals surface area contributed by atoms with Crippen molar-refractivity contribution < 1.29 is 0 Å². The number of aromatic nitrogens is 1. The van der Waals surface area contributed by atoms with Gasteiger partial charge in [-0.25, -0.2) is 4.98 Å². The lowest BCUT2D eigenvalue weighted by atomic mass is 10.2. The van der Waals surface area contributed by atoms with Gasteiger partial charge in [0.15, 0.2) is 5.96 Å². The van der Waals surface area contributed by atoms with Crippen LogP contribution in [0.5, 0.6) is 0 Å². The zero-order chi connectivity index (χ0) is 17.9. The summed E-state index contributed by atoms with van der Waals surface area (Å²) in [5.74, 6) is 0.892. The molecule has 1 fully saturated rings. The van der Waals surface area contributed by atoms with E-state index in [4.69, 9.17) is 0 Å². The molecule has 0 bridgehead atoms. The molecule has 0 saturated carbocycles. The highest BCUT2D eigenvalue weighted by molar-refractivity contribution is 14.0. The summed E-state index contributed by atoms with van der Waals surface area (Å²) in [6.07, 6.45) is 3.36. The Labute approximate surface area is 179 Å². The molecule has 0 spiro atoms. The highest BCUT2D eigenvalue weighted by Crippen LogP contribution is 2.07. The number of nitrogens with zero attached hydrogens (tertiary/aromatic N) is 4. The summed E-state index contributed by atoms with van der Waals surface area (Å²) in [7, 11) is 1.83. The molecule has 1 aliphatic heterocycles. The van der Waals surface area contributed by atoms with Crippen LogP contribution >= 0.6 is 35.3 Å². The maximum absolute atomic E-state index is 4.48. The molecule has 1 aromatic rings. The number of unbranched alkanes of at least 4 members (excludes halogenated alkanes) is 1. The molecular weight excluding hydrogens is 459 g/mol. The molecule has 0 radical (unpaired) electrons.